The smallest absolute Gasteiger partial charge is 0.335 e. The zero-order valence-corrected chi connectivity index (χ0v) is 24.3. The molecule has 0 aliphatic carbocycles. The highest BCUT2D eigenvalue weighted by atomic mass is 28.5. The molecule has 10 nitrogen and oxygen atoms in total. The second-order valence-electron chi connectivity index (χ2n) is 10.9. The number of carbonyl (C=O) groups is 1. The lowest BCUT2D eigenvalue weighted by atomic mass is 10.1. The molecule has 2 fully saturated rings. The first-order valence-corrected chi connectivity index (χ1v) is 16.4. The second-order valence-corrected chi connectivity index (χ2v) is 19.8. The Bertz CT molecular complexity index is 1010. The van der Waals surface area contributed by atoms with Crippen LogP contribution < -0.4 is 16.6 Å². The molecule has 0 spiro atoms. The van der Waals surface area contributed by atoms with E-state index in [2.05, 4.69) is 65.7 Å². The molecular formula is C23H41N3O7Si2. The quantitative estimate of drug-likeness (QED) is 0.413. The minimum atomic E-state index is -2.95. The standard InChI is InChI=1S/C23H41N3O7Si2/c1-13(2)34(14(3)4)30-11-18-20(32-35(33-34,15(5)6)16(7)8)19(24-12-27)22(31-18)26-10-17(9)21(28)25-23(26)29/h10,12-16,18-20,22H,11H2,1-9H3,(H,24,27)(H,25,28,29)/t18-,19+,20-,22-/m1/s1. The minimum absolute atomic E-state index is 0.100. The number of hydrogen-bond acceptors (Lipinski definition) is 7. The fraction of sp³-hybridized carbons (Fsp3) is 0.783. The number of aryl methyl sites for hydroxylation is 1. The Balaban J connectivity index is 2.16. The number of hydrogen-bond donors (Lipinski definition) is 2. The fourth-order valence-corrected chi connectivity index (χ4v) is 16.6. The van der Waals surface area contributed by atoms with E-state index in [1.807, 2.05) is 0 Å². The van der Waals surface area contributed by atoms with Crippen molar-refractivity contribution in [1.29, 1.82) is 0 Å². The first-order chi connectivity index (χ1) is 16.3. The third-order valence-corrected chi connectivity index (χ3v) is 17.6. The van der Waals surface area contributed by atoms with Crippen molar-refractivity contribution in [2.24, 2.45) is 0 Å². The Morgan fingerprint density at radius 1 is 1.03 bits per heavy atom. The summed E-state index contributed by atoms with van der Waals surface area (Å²) in [5, 5.41) is 2.82. The largest absolute Gasteiger partial charge is 0.414 e. The van der Waals surface area contributed by atoms with Gasteiger partial charge in [0.2, 0.25) is 6.41 Å². The molecule has 2 aliphatic rings. The van der Waals surface area contributed by atoms with Crippen LogP contribution in [-0.4, -0.2) is 57.9 Å². The van der Waals surface area contributed by atoms with E-state index in [9.17, 15) is 14.4 Å². The number of carbonyl (C=O) groups excluding carboxylic acids is 1. The van der Waals surface area contributed by atoms with E-state index in [0.717, 1.165) is 0 Å². The van der Waals surface area contributed by atoms with E-state index in [-0.39, 0.29) is 28.8 Å². The summed E-state index contributed by atoms with van der Waals surface area (Å²) in [6.45, 7) is 18.9. The Kier molecular flexibility index (Phi) is 8.34. The van der Waals surface area contributed by atoms with Gasteiger partial charge >= 0.3 is 22.8 Å². The zero-order chi connectivity index (χ0) is 26.3. The number of nitrogens with zero attached hydrogens (tertiary/aromatic N) is 1. The molecule has 0 saturated carbocycles. The van der Waals surface area contributed by atoms with Crippen molar-refractivity contribution in [3.8, 4) is 0 Å². The van der Waals surface area contributed by atoms with Crippen molar-refractivity contribution in [1.82, 2.24) is 14.9 Å². The van der Waals surface area contributed by atoms with Crippen LogP contribution >= 0.6 is 0 Å². The number of nitrogens with one attached hydrogen (secondary N) is 2. The van der Waals surface area contributed by atoms with Crippen LogP contribution in [0.3, 0.4) is 0 Å². The van der Waals surface area contributed by atoms with Crippen LogP contribution in [0.15, 0.2) is 15.8 Å². The molecule has 0 bridgehead atoms. The molecule has 2 N–H and O–H groups in total. The molecule has 4 atom stereocenters. The number of H-pyrrole nitrogens is 1. The van der Waals surface area contributed by atoms with E-state index in [0.29, 0.717) is 12.0 Å². The third-order valence-electron chi connectivity index (χ3n) is 7.35. The fourth-order valence-electron chi connectivity index (χ4n) is 5.43. The van der Waals surface area contributed by atoms with Gasteiger partial charge in [0.25, 0.3) is 5.56 Å². The summed E-state index contributed by atoms with van der Waals surface area (Å²) < 4.78 is 28.7. The van der Waals surface area contributed by atoms with Gasteiger partial charge in [-0.15, -0.1) is 0 Å². The lowest BCUT2D eigenvalue weighted by Crippen LogP contribution is -2.66. The SMILES string of the molecule is Cc1cn([C@@H]2O[C@@H]3CO[Si](C(C)C)(C(C)C)O[Si](C(C)C)(C(C)C)O[C@H]3[C@@H]2NC=O)c(=O)[nH]c1=O. The van der Waals surface area contributed by atoms with Crippen LogP contribution in [0.4, 0.5) is 0 Å². The number of aromatic amines is 1. The van der Waals surface area contributed by atoms with Gasteiger partial charge in [0, 0.05) is 11.8 Å². The highest BCUT2D eigenvalue weighted by molar-refractivity contribution is 6.84. The van der Waals surface area contributed by atoms with Gasteiger partial charge in [-0.25, -0.2) is 4.79 Å². The molecule has 3 rings (SSSR count). The number of ether oxygens (including phenoxy) is 1. The first kappa shape index (κ1) is 28.0. The Hall–Kier alpha value is -1.58. The average Bonchev–Trinajstić information content (AvgIpc) is 3.06. The van der Waals surface area contributed by atoms with Gasteiger partial charge in [-0.3, -0.25) is 19.1 Å². The van der Waals surface area contributed by atoms with Crippen molar-refractivity contribution in [3.63, 3.8) is 0 Å². The maximum absolute atomic E-state index is 12.7. The zero-order valence-electron chi connectivity index (χ0n) is 22.3. The Labute approximate surface area is 209 Å². The van der Waals surface area contributed by atoms with Gasteiger partial charge in [0.15, 0.2) is 6.23 Å². The van der Waals surface area contributed by atoms with Gasteiger partial charge in [-0.05, 0) is 29.1 Å². The van der Waals surface area contributed by atoms with Gasteiger partial charge in [-0.2, -0.15) is 0 Å². The topological polar surface area (TPSA) is 121 Å². The number of aromatic nitrogens is 2. The summed E-state index contributed by atoms with van der Waals surface area (Å²) in [5.41, 5.74) is -0.151. The van der Waals surface area contributed by atoms with Gasteiger partial charge in [-0.1, -0.05) is 55.4 Å². The predicted octanol–water partition coefficient (Wildman–Crippen LogP) is 2.81. The predicted molar refractivity (Wildman–Crippen MR) is 137 cm³/mol. The maximum atomic E-state index is 12.7. The molecule has 35 heavy (non-hydrogen) atoms. The molecular weight excluding hydrogens is 486 g/mol. The van der Waals surface area contributed by atoms with Gasteiger partial charge in [0.05, 0.1) is 6.61 Å². The Morgan fingerprint density at radius 2 is 1.60 bits per heavy atom. The van der Waals surface area contributed by atoms with E-state index >= 15 is 0 Å². The van der Waals surface area contributed by atoms with Crippen LogP contribution in [0.1, 0.15) is 67.2 Å². The normalized spacial score (nSPS) is 28.3. The van der Waals surface area contributed by atoms with E-state index in [1.165, 1.54) is 10.8 Å². The van der Waals surface area contributed by atoms with Crippen molar-refractivity contribution in [2.45, 2.75) is 109 Å². The number of amides is 1. The van der Waals surface area contributed by atoms with Gasteiger partial charge < -0.3 is 23.0 Å². The maximum Gasteiger partial charge on any atom is 0.335 e. The summed E-state index contributed by atoms with van der Waals surface area (Å²) in [4.78, 5) is 38.7. The molecule has 3 heterocycles. The van der Waals surface area contributed by atoms with Crippen LogP contribution in [0, 0.1) is 6.92 Å². The number of rotatable bonds is 7. The molecule has 0 aromatic carbocycles. The lowest BCUT2D eigenvalue weighted by molar-refractivity contribution is -0.111. The van der Waals surface area contributed by atoms with E-state index in [4.69, 9.17) is 17.7 Å². The highest BCUT2D eigenvalue weighted by Crippen LogP contribution is 2.48. The molecule has 2 saturated heterocycles. The van der Waals surface area contributed by atoms with Crippen LogP contribution in [0.2, 0.25) is 22.2 Å². The van der Waals surface area contributed by atoms with Crippen molar-refractivity contribution in [2.75, 3.05) is 6.61 Å². The molecule has 2 aliphatic heterocycles. The summed E-state index contributed by atoms with van der Waals surface area (Å²) in [6.07, 6.45) is 0.0477. The molecule has 12 heteroatoms. The monoisotopic (exact) mass is 527 g/mol. The van der Waals surface area contributed by atoms with Gasteiger partial charge in [0.1, 0.15) is 18.2 Å². The number of fused-ring (bicyclic) bond motifs is 1. The summed E-state index contributed by atoms with van der Waals surface area (Å²) >= 11 is 0. The molecule has 198 valence electrons. The highest BCUT2D eigenvalue weighted by Gasteiger charge is 2.61. The average molecular weight is 528 g/mol. The lowest BCUT2D eigenvalue weighted by Gasteiger charge is -2.51. The third kappa shape index (κ3) is 4.88. The summed E-state index contributed by atoms with van der Waals surface area (Å²) in [7, 11) is -5.71. The summed E-state index contributed by atoms with van der Waals surface area (Å²) in [5.74, 6) is 0. The van der Waals surface area contributed by atoms with E-state index < -0.39 is 52.8 Å². The van der Waals surface area contributed by atoms with Crippen LogP contribution in [0.25, 0.3) is 0 Å². The second kappa shape index (κ2) is 10.4. The molecule has 1 aromatic heterocycles. The minimum Gasteiger partial charge on any atom is -0.414 e. The van der Waals surface area contributed by atoms with Crippen LogP contribution in [-0.2, 0) is 22.5 Å². The van der Waals surface area contributed by atoms with E-state index in [1.54, 1.807) is 6.92 Å². The van der Waals surface area contributed by atoms with Crippen LogP contribution in [0.5, 0.6) is 0 Å². The molecule has 1 aromatic rings. The van der Waals surface area contributed by atoms with Crippen molar-refractivity contribution >= 4 is 23.5 Å². The van der Waals surface area contributed by atoms with Crippen molar-refractivity contribution in [3.05, 3.63) is 32.6 Å². The Morgan fingerprint density at radius 3 is 2.11 bits per heavy atom. The molecule has 0 radical (unpaired) electrons. The first-order valence-electron chi connectivity index (χ1n) is 12.5. The molecule has 1 amide bonds. The van der Waals surface area contributed by atoms with Crippen molar-refractivity contribution < 1.29 is 22.5 Å². The molecule has 0 unspecified atom stereocenters. The summed E-state index contributed by atoms with van der Waals surface area (Å²) in [6, 6.07) is -0.677.